The number of hydrogen-bond donors (Lipinski definition) is 0. The molecule has 1 aromatic heterocycles. The molecule has 2 aromatic carbocycles. The van der Waals surface area contributed by atoms with Crippen molar-refractivity contribution in [3.8, 4) is 16.9 Å². The van der Waals surface area contributed by atoms with E-state index in [1.54, 1.807) is 6.92 Å². The number of piperazine rings is 1. The van der Waals surface area contributed by atoms with Crippen molar-refractivity contribution in [1.29, 1.82) is 0 Å². The summed E-state index contributed by atoms with van der Waals surface area (Å²) in [5, 5.41) is 8.10. The highest BCUT2D eigenvalue weighted by atomic mass is 32.2. The predicted molar refractivity (Wildman–Crippen MR) is 131 cm³/mol. The molecule has 1 saturated carbocycles. The summed E-state index contributed by atoms with van der Waals surface area (Å²) in [6.45, 7) is 5.75. The topological polar surface area (TPSA) is 71.3 Å². The van der Waals surface area contributed by atoms with Gasteiger partial charge in [-0.3, -0.25) is 4.90 Å². The van der Waals surface area contributed by atoms with Gasteiger partial charge in [0.1, 0.15) is 11.4 Å². The quantitative estimate of drug-likeness (QED) is 0.467. The average Bonchev–Trinajstić information content (AvgIpc) is 3.59. The Balaban J connectivity index is 1.38. The summed E-state index contributed by atoms with van der Waals surface area (Å²) in [7, 11) is -3.49. The molecule has 0 unspecified atom stereocenters. The van der Waals surface area contributed by atoms with Crippen LogP contribution in [0.1, 0.15) is 31.7 Å². The highest BCUT2D eigenvalue weighted by Crippen LogP contribution is 2.30. The van der Waals surface area contributed by atoms with E-state index in [9.17, 15) is 12.8 Å². The monoisotopic (exact) mass is 501 g/mol. The maximum Gasteiger partial charge on any atom is 0.156 e. The Kier molecular flexibility index (Phi) is 6.59. The molecule has 1 saturated heterocycles. The van der Waals surface area contributed by atoms with E-state index in [2.05, 4.69) is 26.2 Å². The van der Waals surface area contributed by atoms with Gasteiger partial charge < -0.3 is 4.90 Å². The summed E-state index contributed by atoms with van der Waals surface area (Å²) in [5.74, 6) is -2.32. The second kappa shape index (κ2) is 9.66. The van der Waals surface area contributed by atoms with Gasteiger partial charge in [0.15, 0.2) is 21.5 Å². The molecule has 0 bridgehead atoms. The lowest BCUT2D eigenvalue weighted by molar-refractivity contribution is 0.248. The number of benzene rings is 2. The lowest BCUT2D eigenvalue weighted by Crippen LogP contribution is -2.47. The minimum atomic E-state index is -3.49. The van der Waals surface area contributed by atoms with Crippen molar-refractivity contribution in [2.24, 2.45) is 0 Å². The van der Waals surface area contributed by atoms with Crippen LogP contribution >= 0.6 is 0 Å². The first-order chi connectivity index (χ1) is 16.8. The molecule has 2 heterocycles. The van der Waals surface area contributed by atoms with Crippen LogP contribution in [-0.4, -0.2) is 66.3 Å². The van der Waals surface area contributed by atoms with E-state index in [0.717, 1.165) is 54.2 Å². The van der Waals surface area contributed by atoms with Gasteiger partial charge in [-0.15, -0.1) is 5.10 Å². The fourth-order valence-corrected chi connectivity index (χ4v) is 6.14. The van der Waals surface area contributed by atoms with Crippen LogP contribution in [-0.2, 0) is 15.6 Å². The molecule has 2 fully saturated rings. The largest absolute Gasteiger partial charge is 0.369 e. The van der Waals surface area contributed by atoms with Crippen LogP contribution in [0.5, 0.6) is 0 Å². The second-order valence-electron chi connectivity index (χ2n) is 9.31. The molecule has 5 rings (SSSR count). The first-order valence-electron chi connectivity index (χ1n) is 12.0. The Bertz CT molecular complexity index is 1320. The molecule has 35 heavy (non-hydrogen) atoms. The van der Waals surface area contributed by atoms with Crippen molar-refractivity contribution < 1.29 is 17.2 Å². The van der Waals surface area contributed by atoms with Gasteiger partial charge in [0, 0.05) is 49.0 Å². The normalized spacial score (nSPS) is 17.2. The second-order valence-corrected chi connectivity index (χ2v) is 11.5. The van der Waals surface area contributed by atoms with Gasteiger partial charge >= 0.3 is 0 Å². The average molecular weight is 502 g/mol. The van der Waals surface area contributed by atoms with Gasteiger partial charge in [0.2, 0.25) is 0 Å². The minimum absolute atomic E-state index is 0.0570. The third-order valence-electron chi connectivity index (χ3n) is 6.64. The third-order valence-corrected chi connectivity index (χ3v) is 8.43. The number of hydrogen-bond acceptors (Lipinski definition) is 6. The zero-order chi connectivity index (χ0) is 24.6. The molecule has 1 aliphatic carbocycles. The lowest BCUT2D eigenvalue weighted by Gasteiger charge is -2.36. The van der Waals surface area contributed by atoms with Gasteiger partial charge in [-0.05, 0) is 37.5 Å². The van der Waals surface area contributed by atoms with Gasteiger partial charge in [-0.25, -0.2) is 21.9 Å². The van der Waals surface area contributed by atoms with E-state index < -0.39 is 32.9 Å². The summed E-state index contributed by atoms with van der Waals surface area (Å²) in [6, 6.07) is 10.9. The molecular formula is C25H29F2N5O2S. The number of anilines is 1. The summed E-state index contributed by atoms with van der Waals surface area (Å²) in [5.41, 5.74) is 1.83. The molecule has 0 spiro atoms. The number of halogens is 2. The highest BCUT2D eigenvalue weighted by Gasteiger charge is 2.31. The molecule has 10 heteroatoms. The number of sulfone groups is 1. The zero-order valence-corrected chi connectivity index (χ0v) is 20.5. The van der Waals surface area contributed by atoms with Crippen molar-refractivity contribution >= 4 is 15.5 Å². The number of aromatic nitrogens is 3. The maximum absolute atomic E-state index is 15.2. The van der Waals surface area contributed by atoms with Gasteiger partial charge in [0.25, 0.3) is 0 Å². The predicted octanol–water partition coefficient (Wildman–Crippen LogP) is 3.82. The standard InChI is InChI=1S/C25H29F2N5O2S/c1-2-14-35(33,34)17-19-6-9-22(26)25(24(19)27)32-16-23(28-29-32)18-4-3-5-21(15-18)31-12-10-30(11-13-31)20-7-8-20/h3-6,9,15-16,20H,2,7-8,10-14,17H2,1H3. The third kappa shape index (κ3) is 5.23. The number of rotatable bonds is 8. The zero-order valence-electron chi connectivity index (χ0n) is 19.7. The SMILES string of the molecule is CCCS(=O)(=O)Cc1ccc(F)c(-n2cc(-c3cccc(N4CCN(C5CC5)CC4)c3)nn2)c1F. The van der Waals surface area contributed by atoms with E-state index in [4.69, 9.17) is 0 Å². The Labute approximate surface area is 204 Å². The Hall–Kier alpha value is -2.85. The fourth-order valence-electron chi connectivity index (χ4n) is 4.68. The van der Waals surface area contributed by atoms with Crippen molar-refractivity contribution in [2.45, 2.75) is 38.0 Å². The van der Waals surface area contributed by atoms with Crippen LogP contribution in [0.4, 0.5) is 14.5 Å². The van der Waals surface area contributed by atoms with Crippen LogP contribution in [0.3, 0.4) is 0 Å². The molecule has 186 valence electrons. The van der Waals surface area contributed by atoms with Crippen LogP contribution in [0.15, 0.2) is 42.6 Å². The van der Waals surface area contributed by atoms with Crippen LogP contribution < -0.4 is 4.90 Å². The van der Waals surface area contributed by atoms with Crippen molar-refractivity contribution in [2.75, 3.05) is 36.8 Å². The smallest absolute Gasteiger partial charge is 0.156 e. The van der Waals surface area contributed by atoms with E-state index in [0.29, 0.717) is 12.1 Å². The van der Waals surface area contributed by atoms with Crippen molar-refractivity contribution in [3.63, 3.8) is 0 Å². The first kappa shape index (κ1) is 23.9. The minimum Gasteiger partial charge on any atom is -0.369 e. The van der Waals surface area contributed by atoms with Gasteiger partial charge in [-0.2, -0.15) is 0 Å². The molecule has 7 nitrogen and oxygen atoms in total. The summed E-state index contributed by atoms with van der Waals surface area (Å²) in [4.78, 5) is 4.89. The van der Waals surface area contributed by atoms with E-state index in [1.165, 1.54) is 25.1 Å². The van der Waals surface area contributed by atoms with Crippen LogP contribution in [0.2, 0.25) is 0 Å². The number of nitrogens with zero attached hydrogens (tertiary/aromatic N) is 5. The van der Waals surface area contributed by atoms with Crippen LogP contribution in [0.25, 0.3) is 16.9 Å². The van der Waals surface area contributed by atoms with E-state index in [-0.39, 0.29) is 11.3 Å². The van der Waals surface area contributed by atoms with Crippen molar-refractivity contribution in [1.82, 2.24) is 19.9 Å². The van der Waals surface area contributed by atoms with Crippen LogP contribution in [0, 0.1) is 11.6 Å². The summed E-state index contributed by atoms with van der Waals surface area (Å²) < 4.78 is 55.2. The lowest BCUT2D eigenvalue weighted by atomic mass is 10.1. The van der Waals surface area contributed by atoms with Gasteiger partial charge in [0.05, 0.1) is 17.7 Å². The van der Waals surface area contributed by atoms with Gasteiger partial charge in [-0.1, -0.05) is 30.3 Å². The van der Waals surface area contributed by atoms with E-state index >= 15 is 4.39 Å². The highest BCUT2D eigenvalue weighted by molar-refractivity contribution is 7.90. The molecule has 0 atom stereocenters. The molecule has 2 aliphatic rings. The summed E-state index contributed by atoms with van der Waals surface area (Å²) in [6.07, 6.45) is 4.52. The summed E-state index contributed by atoms with van der Waals surface area (Å²) >= 11 is 0. The first-order valence-corrected chi connectivity index (χ1v) is 13.9. The molecule has 1 aliphatic heterocycles. The molecule has 0 radical (unpaired) electrons. The Morgan fingerprint density at radius 3 is 2.54 bits per heavy atom. The molecule has 0 amide bonds. The Morgan fingerprint density at radius 2 is 1.83 bits per heavy atom. The molecule has 3 aromatic rings. The fraction of sp³-hybridized carbons (Fsp3) is 0.440. The molecular weight excluding hydrogens is 472 g/mol. The maximum atomic E-state index is 15.2. The Morgan fingerprint density at radius 1 is 1.06 bits per heavy atom. The van der Waals surface area contributed by atoms with Crippen molar-refractivity contribution in [3.05, 3.63) is 59.8 Å². The van der Waals surface area contributed by atoms with E-state index in [1.807, 2.05) is 18.2 Å². The molecule has 0 N–H and O–H groups in total.